The lowest BCUT2D eigenvalue weighted by Crippen LogP contribution is -2.10. The molecule has 3 aromatic rings. The molecule has 1 atom stereocenters. The lowest BCUT2D eigenvalue weighted by Gasteiger charge is -2.15. The molecule has 5 nitrogen and oxygen atoms in total. The monoisotopic (exact) mass is 283 g/mol. The van der Waals surface area contributed by atoms with Gasteiger partial charge in [0, 0.05) is 29.4 Å². The third-order valence-corrected chi connectivity index (χ3v) is 3.94. The minimum Gasteiger partial charge on any atom is -0.363 e. The summed E-state index contributed by atoms with van der Waals surface area (Å²) in [6.07, 6.45) is 1.91. The van der Waals surface area contributed by atoms with Gasteiger partial charge in [-0.2, -0.15) is 5.10 Å². The van der Waals surface area contributed by atoms with Gasteiger partial charge in [-0.3, -0.25) is 4.68 Å². The van der Waals surface area contributed by atoms with Crippen LogP contribution in [-0.4, -0.2) is 19.7 Å². The van der Waals surface area contributed by atoms with Gasteiger partial charge < -0.3 is 10.3 Å². The average molecular weight is 283 g/mol. The molecular weight excluding hydrogens is 262 g/mol. The van der Waals surface area contributed by atoms with Crippen molar-refractivity contribution in [3.8, 4) is 0 Å². The van der Waals surface area contributed by atoms with E-state index in [4.69, 9.17) is 0 Å². The van der Waals surface area contributed by atoms with E-state index in [9.17, 15) is 0 Å². The SMILES string of the molecule is CCn1nc(C)c(C(C)Nc2ccc3cc[nH]c3n2)c1C. The van der Waals surface area contributed by atoms with Crippen molar-refractivity contribution < 1.29 is 0 Å². The van der Waals surface area contributed by atoms with Crippen molar-refractivity contribution in [2.75, 3.05) is 5.32 Å². The lowest BCUT2D eigenvalue weighted by molar-refractivity contribution is 0.632. The highest BCUT2D eigenvalue weighted by atomic mass is 15.3. The molecule has 0 bridgehead atoms. The average Bonchev–Trinajstić information content (AvgIpc) is 3.02. The number of pyridine rings is 1. The van der Waals surface area contributed by atoms with Crippen molar-refractivity contribution >= 4 is 16.9 Å². The van der Waals surface area contributed by atoms with Crippen LogP contribution >= 0.6 is 0 Å². The zero-order valence-corrected chi connectivity index (χ0v) is 12.9. The maximum Gasteiger partial charge on any atom is 0.139 e. The first-order valence-electron chi connectivity index (χ1n) is 7.34. The Kier molecular flexibility index (Phi) is 3.41. The Morgan fingerprint density at radius 1 is 1.29 bits per heavy atom. The second-order valence-corrected chi connectivity index (χ2v) is 5.38. The summed E-state index contributed by atoms with van der Waals surface area (Å²) in [5.41, 5.74) is 4.46. The van der Waals surface area contributed by atoms with E-state index in [2.05, 4.69) is 54.1 Å². The van der Waals surface area contributed by atoms with Gasteiger partial charge in [-0.1, -0.05) is 0 Å². The topological polar surface area (TPSA) is 58.5 Å². The van der Waals surface area contributed by atoms with Gasteiger partial charge in [0.15, 0.2) is 0 Å². The maximum atomic E-state index is 4.59. The van der Waals surface area contributed by atoms with Gasteiger partial charge in [-0.25, -0.2) is 4.98 Å². The Balaban J connectivity index is 1.88. The van der Waals surface area contributed by atoms with Crippen LogP contribution in [-0.2, 0) is 6.54 Å². The summed E-state index contributed by atoms with van der Waals surface area (Å²) in [6.45, 7) is 9.35. The highest BCUT2D eigenvalue weighted by Crippen LogP contribution is 2.25. The quantitative estimate of drug-likeness (QED) is 0.769. The third kappa shape index (κ3) is 2.39. The summed E-state index contributed by atoms with van der Waals surface area (Å²) in [5.74, 6) is 0.875. The summed E-state index contributed by atoms with van der Waals surface area (Å²) in [6, 6.07) is 6.28. The van der Waals surface area contributed by atoms with Gasteiger partial charge in [0.25, 0.3) is 0 Å². The number of anilines is 1. The van der Waals surface area contributed by atoms with Gasteiger partial charge in [0.2, 0.25) is 0 Å². The van der Waals surface area contributed by atoms with Crippen LogP contribution in [0.15, 0.2) is 24.4 Å². The molecule has 0 saturated heterocycles. The van der Waals surface area contributed by atoms with Gasteiger partial charge >= 0.3 is 0 Å². The number of nitrogens with zero attached hydrogens (tertiary/aromatic N) is 3. The van der Waals surface area contributed by atoms with Crippen molar-refractivity contribution in [1.82, 2.24) is 19.7 Å². The van der Waals surface area contributed by atoms with Crippen molar-refractivity contribution in [3.05, 3.63) is 41.3 Å². The summed E-state index contributed by atoms with van der Waals surface area (Å²) in [7, 11) is 0. The van der Waals surface area contributed by atoms with E-state index in [0.29, 0.717) is 0 Å². The molecule has 3 rings (SSSR count). The molecule has 0 fully saturated rings. The van der Waals surface area contributed by atoms with Crippen LogP contribution in [0.1, 0.15) is 36.8 Å². The normalized spacial score (nSPS) is 12.8. The molecule has 0 aliphatic rings. The lowest BCUT2D eigenvalue weighted by atomic mass is 10.1. The van der Waals surface area contributed by atoms with E-state index in [1.54, 1.807) is 0 Å². The predicted molar refractivity (Wildman–Crippen MR) is 85.5 cm³/mol. The number of H-pyrrole nitrogens is 1. The van der Waals surface area contributed by atoms with Crippen molar-refractivity contribution in [2.45, 2.75) is 40.3 Å². The number of aromatic nitrogens is 4. The highest BCUT2D eigenvalue weighted by Gasteiger charge is 2.17. The van der Waals surface area contributed by atoms with Crippen molar-refractivity contribution in [2.24, 2.45) is 0 Å². The standard InChI is InChI=1S/C16H21N5/c1-5-21-12(4)15(11(3)20-21)10(2)18-14-7-6-13-8-9-17-16(13)19-14/h6-10H,5H2,1-4H3,(H2,17,18,19). The Hall–Kier alpha value is -2.30. The highest BCUT2D eigenvalue weighted by molar-refractivity contribution is 5.77. The van der Waals surface area contributed by atoms with Crippen LogP contribution in [0, 0.1) is 13.8 Å². The largest absolute Gasteiger partial charge is 0.363 e. The van der Waals surface area contributed by atoms with Crippen LogP contribution in [0.25, 0.3) is 11.0 Å². The van der Waals surface area contributed by atoms with Crippen molar-refractivity contribution in [1.29, 1.82) is 0 Å². The smallest absolute Gasteiger partial charge is 0.139 e. The molecule has 0 radical (unpaired) electrons. The first-order valence-corrected chi connectivity index (χ1v) is 7.34. The Morgan fingerprint density at radius 3 is 2.81 bits per heavy atom. The second kappa shape index (κ2) is 5.24. The molecule has 0 amide bonds. The molecule has 0 aliphatic heterocycles. The number of hydrogen-bond donors (Lipinski definition) is 2. The summed E-state index contributed by atoms with van der Waals surface area (Å²) < 4.78 is 2.05. The maximum absolute atomic E-state index is 4.59. The third-order valence-electron chi connectivity index (χ3n) is 3.94. The molecule has 3 heterocycles. The van der Waals surface area contributed by atoms with Gasteiger partial charge in [-0.15, -0.1) is 0 Å². The fourth-order valence-corrected chi connectivity index (χ4v) is 2.95. The first-order chi connectivity index (χ1) is 10.1. The van der Waals surface area contributed by atoms with Crippen LogP contribution in [0.5, 0.6) is 0 Å². The minimum absolute atomic E-state index is 0.171. The Morgan fingerprint density at radius 2 is 2.10 bits per heavy atom. The zero-order valence-electron chi connectivity index (χ0n) is 12.9. The molecule has 110 valence electrons. The van der Waals surface area contributed by atoms with Crippen LogP contribution < -0.4 is 5.32 Å². The molecule has 1 unspecified atom stereocenters. The first kappa shape index (κ1) is 13.7. The van der Waals surface area contributed by atoms with Crippen molar-refractivity contribution in [3.63, 3.8) is 0 Å². The molecule has 2 N–H and O–H groups in total. The van der Waals surface area contributed by atoms with Gasteiger partial charge in [0.1, 0.15) is 11.5 Å². The van der Waals surface area contributed by atoms with Crippen LogP contribution in [0.2, 0.25) is 0 Å². The molecule has 5 heteroatoms. The van der Waals surface area contributed by atoms with E-state index in [0.717, 1.165) is 29.1 Å². The molecule has 0 spiro atoms. The zero-order chi connectivity index (χ0) is 15.0. The number of fused-ring (bicyclic) bond motifs is 1. The second-order valence-electron chi connectivity index (χ2n) is 5.38. The molecular formula is C16H21N5. The van der Waals surface area contributed by atoms with E-state index in [1.807, 2.05) is 23.0 Å². The number of rotatable bonds is 4. The van der Waals surface area contributed by atoms with E-state index in [1.165, 1.54) is 11.3 Å². The van der Waals surface area contributed by atoms with E-state index in [-0.39, 0.29) is 6.04 Å². The molecule has 3 aromatic heterocycles. The number of aromatic amines is 1. The minimum atomic E-state index is 0.171. The van der Waals surface area contributed by atoms with Crippen LogP contribution in [0.4, 0.5) is 5.82 Å². The summed E-state index contributed by atoms with van der Waals surface area (Å²) in [5, 5.41) is 9.18. The fraction of sp³-hybridized carbons (Fsp3) is 0.375. The molecule has 0 aliphatic carbocycles. The van der Waals surface area contributed by atoms with E-state index < -0.39 is 0 Å². The molecule has 0 aromatic carbocycles. The Bertz CT molecular complexity index is 768. The van der Waals surface area contributed by atoms with E-state index >= 15 is 0 Å². The van der Waals surface area contributed by atoms with Crippen LogP contribution in [0.3, 0.4) is 0 Å². The number of hydrogen-bond acceptors (Lipinski definition) is 3. The fourth-order valence-electron chi connectivity index (χ4n) is 2.95. The molecule has 0 saturated carbocycles. The Labute approximate surface area is 124 Å². The van der Waals surface area contributed by atoms with Gasteiger partial charge in [0.05, 0.1) is 11.7 Å². The summed E-state index contributed by atoms with van der Waals surface area (Å²) >= 11 is 0. The van der Waals surface area contributed by atoms with Gasteiger partial charge in [-0.05, 0) is 45.9 Å². The predicted octanol–water partition coefficient (Wildman–Crippen LogP) is 3.57. The summed E-state index contributed by atoms with van der Waals surface area (Å²) in [4.78, 5) is 7.73. The number of nitrogens with one attached hydrogen (secondary N) is 2. The number of aryl methyl sites for hydroxylation is 2. The molecule has 21 heavy (non-hydrogen) atoms.